The predicted octanol–water partition coefficient (Wildman–Crippen LogP) is 2.53. The van der Waals surface area contributed by atoms with Crippen molar-refractivity contribution in [1.82, 2.24) is 9.97 Å². The van der Waals surface area contributed by atoms with Crippen LogP contribution in [-0.4, -0.2) is 9.97 Å². The smallest absolute Gasteiger partial charge is 0.373 e. The molecule has 0 bridgehead atoms. The molecule has 0 atom stereocenters. The van der Waals surface area contributed by atoms with E-state index < -0.39 is 23.6 Å². The summed E-state index contributed by atoms with van der Waals surface area (Å²) in [6, 6.07) is 0. The van der Waals surface area contributed by atoms with Crippen LogP contribution in [0.1, 0.15) is 5.82 Å². The Morgan fingerprint density at radius 1 is 1.23 bits per heavy atom. The van der Waals surface area contributed by atoms with E-state index >= 15 is 0 Å². The molecule has 0 unspecified atom stereocenters. The highest BCUT2D eigenvalue weighted by atomic mass is 19.4. The van der Waals surface area contributed by atoms with Gasteiger partial charge in [-0.1, -0.05) is 18.1 Å². The van der Waals surface area contributed by atoms with Gasteiger partial charge in [-0.2, -0.15) is 13.2 Å². The monoisotopic (exact) mass is 186 g/mol. The summed E-state index contributed by atoms with van der Waals surface area (Å²) in [5, 5.41) is 0. The van der Waals surface area contributed by atoms with Crippen LogP contribution in [0, 0.1) is 13.1 Å². The van der Waals surface area contributed by atoms with Crippen molar-refractivity contribution in [2.24, 2.45) is 0 Å². The first-order chi connectivity index (χ1) is 5.99. The number of aromatic nitrogens is 2. The molecule has 1 heterocycles. The summed E-state index contributed by atoms with van der Waals surface area (Å²) in [4.78, 5) is 10.0. The Bertz CT molecular complexity index is 371. The summed E-state index contributed by atoms with van der Waals surface area (Å²) >= 11 is 0. The highest BCUT2D eigenvalue weighted by molar-refractivity contribution is 5.62. The number of hydrogen-bond donors (Lipinski definition) is 1. The van der Waals surface area contributed by atoms with Crippen LogP contribution < -0.4 is 0 Å². The van der Waals surface area contributed by atoms with Gasteiger partial charge < -0.3 is 9.69 Å². The molecule has 66 valence electrons. The fourth-order valence-electron chi connectivity index (χ4n) is 0.645. The highest BCUT2D eigenvalue weighted by Crippen LogP contribution is 2.33. The molecule has 0 saturated heterocycles. The molecule has 1 rings (SSSR count). The number of nitrogens with one attached hydrogen (secondary N) is 1. The van der Waals surface area contributed by atoms with Gasteiger partial charge in [-0.05, 0) is 0 Å². The van der Waals surface area contributed by atoms with Gasteiger partial charge in [-0.3, -0.25) is 4.98 Å². The fourth-order valence-corrected chi connectivity index (χ4v) is 0.645. The predicted molar refractivity (Wildman–Crippen MR) is 36.1 cm³/mol. The maximum Gasteiger partial charge on any atom is 0.495 e. The number of halogens is 3. The second-order valence-electron chi connectivity index (χ2n) is 1.98. The summed E-state index contributed by atoms with van der Waals surface area (Å²) in [6.45, 7) is 12.9. The van der Waals surface area contributed by atoms with E-state index in [0.717, 1.165) is 0 Å². The van der Waals surface area contributed by atoms with Crippen LogP contribution in [0.5, 0.6) is 0 Å². The van der Waals surface area contributed by atoms with E-state index in [1.54, 1.807) is 4.98 Å². The maximum absolute atomic E-state index is 12.0. The zero-order valence-electron chi connectivity index (χ0n) is 5.98. The molecule has 4 nitrogen and oxygen atoms in total. The van der Waals surface area contributed by atoms with Gasteiger partial charge in [-0.15, -0.1) is 0 Å². The van der Waals surface area contributed by atoms with Crippen LogP contribution in [0.25, 0.3) is 9.69 Å². The number of rotatable bonds is 0. The minimum atomic E-state index is -4.65. The molecule has 0 saturated carbocycles. The molecular formula is C6HF3N4. The second kappa shape index (κ2) is 2.79. The summed E-state index contributed by atoms with van der Waals surface area (Å²) in [5.41, 5.74) is 0. The number of aromatic amines is 1. The maximum atomic E-state index is 12.0. The van der Waals surface area contributed by atoms with E-state index in [4.69, 9.17) is 13.1 Å². The van der Waals surface area contributed by atoms with Crippen molar-refractivity contribution >= 4 is 11.6 Å². The molecule has 7 heteroatoms. The van der Waals surface area contributed by atoms with Crippen LogP contribution in [0.4, 0.5) is 24.8 Å². The van der Waals surface area contributed by atoms with Gasteiger partial charge in [0.1, 0.15) is 0 Å². The third-order valence-electron chi connectivity index (χ3n) is 1.15. The zero-order valence-corrected chi connectivity index (χ0v) is 5.98. The molecule has 0 fully saturated rings. The third kappa shape index (κ3) is 1.59. The number of alkyl halides is 3. The van der Waals surface area contributed by atoms with E-state index in [1.165, 1.54) is 0 Å². The lowest BCUT2D eigenvalue weighted by molar-refractivity contribution is -0.144. The topological polar surface area (TPSA) is 37.4 Å². The van der Waals surface area contributed by atoms with Gasteiger partial charge >= 0.3 is 12.0 Å². The third-order valence-corrected chi connectivity index (χ3v) is 1.15. The van der Waals surface area contributed by atoms with Crippen molar-refractivity contribution in [3.05, 3.63) is 28.7 Å². The molecule has 0 aromatic carbocycles. The molecular weight excluding hydrogens is 185 g/mol. The lowest BCUT2D eigenvalue weighted by Crippen LogP contribution is -2.06. The Hall–Kier alpha value is -2.02. The molecule has 0 radical (unpaired) electrons. The van der Waals surface area contributed by atoms with Gasteiger partial charge in [0, 0.05) is 0 Å². The van der Waals surface area contributed by atoms with E-state index in [9.17, 15) is 13.2 Å². The summed E-state index contributed by atoms with van der Waals surface area (Å²) in [6.07, 6.45) is -4.65. The molecule has 1 aromatic heterocycles. The molecule has 0 aliphatic heterocycles. The van der Waals surface area contributed by atoms with Crippen LogP contribution >= 0.6 is 0 Å². The Balaban J connectivity index is 3.26. The highest BCUT2D eigenvalue weighted by Gasteiger charge is 2.42. The Labute approximate surface area is 70.7 Å². The van der Waals surface area contributed by atoms with Gasteiger partial charge in [-0.25, -0.2) is 0 Å². The molecule has 0 aliphatic carbocycles. The molecule has 1 N–H and O–H groups in total. The lowest BCUT2D eigenvalue weighted by atomic mass is 10.6. The van der Waals surface area contributed by atoms with Gasteiger partial charge in [0.05, 0.1) is 0 Å². The molecule has 13 heavy (non-hydrogen) atoms. The second-order valence-corrected chi connectivity index (χ2v) is 1.98. The summed E-state index contributed by atoms with van der Waals surface area (Å²) in [5.74, 6) is -2.35. The minimum absolute atomic E-state index is 0.484. The van der Waals surface area contributed by atoms with Crippen molar-refractivity contribution in [2.75, 3.05) is 0 Å². The van der Waals surface area contributed by atoms with Crippen molar-refractivity contribution < 1.29 is 13.2 Å². The van der Waals surface area contributed by atoms with Crippen molar-refractivity contribution in [3.63, 3.8) is 0 Å². The van der Waals surface area contributed by atoms with Crippen LogP contribution in [0.15, 0.2) is 0 Å². The van der Waals surface area contributed by atoms with Crippen LogP contribution in [-0.2, 0) is 6.18 Å². The Morgan fingerprint density at radius 2 is 1.85 bits per heavy atom. The number of nitrogens with zero attached hydrogens (tertiary/aromatic N) is 3. The Kier molecular flexibility index (Phi) is 1.95. The van der Waals surface area contributed by atoms with E-state index in [-0.39, 0.29) is 0 Å². The Morgan fingerprint density at radius 3 is 2.15 bits per heavy atom. The summed E-state index contributed by atoms with van der Waals surface area (Å²) in [7, 11) is 0. The summed E-state index contributed by atoms with van der Waals surface area (Å²) < 4.78 is 35.9. The average molecular weight is 186 g/mol. The number of imidazole rings is 1. The van der Waals surface area contributed by atoms with Gasteiger partial charge in [0.25, 0.3) is 11.6 Å². The van der Waals surface area contributed by atoms with Crippen molar-refractivity contribution in [2.45, 2.75) is 6.18 Å². The molecule has 0 amide bonds. The first kappa shape index (κ1) is 9.07. The SMILES string of the molecule is [C-]#[N+]c1nc(C(F)(F)F)[nH]c1[N+]#[C-]. The zero-order chi connectivity index (χ0) is 10.1. The lowest BCUT2D eigenvalue weighted by Gasteiger charge is -1.93. The van der Waals surface area contributed by atoms with Crippen LogP contribution in [0.3, 0.4) is 0 Å². The normalized spacial score (nSPS) is 10.5. The molecule has 1 aromatic rings. The van der Waals surface area contributed by atoms with E-state index in [0.29, 0.717) is 0 Å². The van der Waals surface area contributed by atoms with Gasteiger partial charge in [0.15, 0.2) is 0 Å². The molecule has 0 aliphatic rings. The average Bonchev–Trinajstić information content (AvgIpc) is 2.45. The van der Waals surface area contributed by atoms with Crippen LogP contribution in [0.2, 0.25) is 0 Å². The first-order valence-electron chi connectivity index (χ1n) is 2.91. The number of hydrogen-bond acceptors (Lipinski definition) is 1. The standard InChI is InChI=1S/C6HF3N4/c1-10-3-4(11-2)13-5(12-3)6(7,8)9/h(H,12,13). The quantitative estimate of drug-likeness (QED) is 0.621. The van der Waals surface area contributed by atoms with Crippen molar-refractivity contribution in [3.8, 4) is 0 Å². The fraction of sp³-hybridized carbons (Fsp3) is 0.167. The van der Waals surface area contributed by atoms with E-state index in [1.807, 2.05) is 0 Å². The van der Waals surface area contributed by atoms with E-state index in [2.05, 4.69) is 14.7 Å². The first-order valence-corrected chi connectivity index (χ1v) is 2.91. The largest absolute Gasteiger partial charge is 0.495 e. The number of H-pyrrole nitrogens is 1. The molecule has 0 spiro atoms. The minimum Gasteiger partial charge on any atom is -0.373 e. The van der Waals surface area contributed by atoms with Gasteiger partial charge in [0.2, 0.25) is 0 Å². The van der Waals surface area contributed by atoms with Crippen molar-refractivity contribution in [1.29, 1.82) is 0 Å².